The van der Waals surface area contributed by atoms with E-state index in [-0.39, 0.29) is 0 Å². The van der Waals surface area contributed by atoms with Gasteiger partial charge in [0.15, 0.2) is 0 Å². The van der Waals surface area contributed by atoms with Crippen molar-refractivity contribution in [1.29, 1.82) is 0 Å². The van der Waals surface area contributed by atoms with Crippen molar-refractivity contribution in [3.8, 4) is 0 Å². The topological polar surface area (TPSA) is 80.3 Å². The van der Waals surface area contributed by atoms with Crippen molar-refractivity contribution in [3.05, 3.63) is 15.0 Å². The fourth-order valence-corrected chi connectivity index (χ4v) is 2.67. The summed E-state index contributed by atoms with van der Waals surface area (Å²) < 4.78 is 4.80. The summed E-state index contributed by atoms with van der Waals surface area (Å²) in [6, 6.07) is 0. The van der Waals surface area contributed by atoms with Crippen molar-refractivity contribution < 1.29 is 14.3 Å². The molecule has 1 rings (SSSR count). The predicted octanol–water partition coefficient (Wildman–Crippen LogP) is 2.05. The van der Waals surface area contributed by atoms with Gasteiger partial charge in [-0.1, -0.05) is 12.8 Å². The van der Waals surface area contributed by atoms with Gasteiger partial charge >= 0.3 is 0 Å². The molecule has 0 aliphatic heterocycles. The number of halogens is 1. The highest BCUT2D eigenvalue weighted by atomic mass is 79.9. The van der Waals surface area contributed by atoms with E-state index in [0.29, 0.717) is 12.9 Å². The van der Waals surface area contributed by atoms with E-state index in [1.807, 2.05) is 5.38 Å². The van der Waals surface area contributed by atoms with Crippen LogP contribution in [0, 0.1) is 0 Å². The highest BCUT2D eigenvalue weighted by molar-refractivity contribution is 9.10. The lowest BCUT2D eigenvalue weighted by atomic mass is 10.1. The van der Waals surface area contributed by atoms with Crippen LogP contribution in [0.5, 0.6) is 0 Å². The Morgan fingerprint density at radius 2 is 2.05 bits per heavy atom. The molecule has 20 heavy (non-hydrogen) atoms. The number of nitrogens with one attached hydrogen (secondary N) is 2. The van der Waals surface area contributed by atoms with E-state index in [9.17, 15) is 4.79 Å². The molecule has 0 saturated heterocycles. The summed E-state index contributed by atoms with van der Waals surface area (Å²) in [5.41, 5.74) is 5.24. The largest absolute Gasteiger partial charge is 0.471 e. The summed E-state index contributed by atoms with van der Waals surface area (Å²) >= 11 is 5.05. The number of hydrazine groups is 1. The Morgan fingerprint density at radius 3 is 2.60 bits per heavy atom. The first kappa shape index (κ1) is 19.0. The Balaban J connectivity index is 0.000000796. The molecule has 0 radical (unpaired) electrons. The van der Waals surface area contributed by atoms with Gasteiger partial charge in [0, 0.05) is 11.9 Å². The van der Waals surface area contributed by atoms with E-state index in [1.54, 1.807) is 11.3 Å². The lowest BCUT2D eigenvalue weighted by Crippen LogP contribution is -2.30. The van der Waals surface area contributed by atoms with Gasteiger partial charge in [-0.3, -0.25) is 15.0 Å². The second kappa shape index (κ2) is 14.4. The first-order chi connectivity index (χ1) is 9.74. The maximum absolute atomic E-state index is 9.92. The lowest BCUT2D eigenvalue weighted by Gasteiger charge is -2.01. The van der Waals surface area contributed by atoms with Crippen molar-refractivity contribution in [2.24, 2.45) is 0 Å². The standard InChI is InChI=1S/C10H16BrN3OS.C2H4O2/c11-9-7-16-10(14-9)5-3-1-2-4-6-12-13-8-15;1-4-2-3/h7-8,12H,1-6H2,(H,13,15);2H,1H3. The van der Waals surface area contributed by atoms with E-state index >= 15 is 0 Å². The second-order valence-corrected chi connectivity index (χ2v) is 5.50. The monoisotopic (exact) mass is 365 g/mol. The molecule has 0 aliphatic carbocycles. The van der Waals surface area contributed by atoms with Crippen LogP contribution in [0.3, 0.4) is 0 Å². The maximum Gasteiger partial charge on any atom is 0.292 e. The third-order valence-electron chi connectivity index (χ3n) is 2.22. The van der Waals surface area contributed by atoms with Crippen LogP contribution in [0.15, 0.2) is 9.98 Å². The van der Waals surface area contributed by atoms with Crippen LogP contribution >= 0.6 is 27.3 Å². The van der Waals surface area contributed by atoms with E-state index < -0.39 is 0 Å². The number of thiazole rings is 1. The van der Waals surface area contributed by atoms with Gasteiger partial charge in [0.2, 0.25) is 6.41 Å². The van der Waals surface area contributed by atoms with Crippen LogP contribution in [0.1, 0.15) is 30.7 Å². The van der Waals surface area contributed by atoms with E-state index in [2.05, 4.69) is 36.5 Å². The predicted molar refractivity (Wildman–Crippen MR) is 82.3 cm³/mol. The second-order valence-electron chi connectivity index (χ2n) is 3.75. The summed E-state index contributed by atoms with van der Waals surface area (Å²) in [6.07, 6.45) is 6.38. The van der Waals surface area contributed by atoms with Crippen molar-refractivity contribution in [2.45, 2.75) is 32.1 Å². The minimum Gasteiger partial charge on any atom is -0.471 e. The summed E-state index contributed by atoms with van der Waals surface area (Å²) in [5, 5.41) is 3.22. The molecule has 0 aliphatic rings. The molecule has 8 heteroatoms. The fraction of sp³-hybridized carbons (Fsp3) is 0.583. The van der Waals surface area contributed by atoms with Gasteiger partial charge in [0.1, 0.15) is 4.60 Å². The minimum absolute atomic E-state index is 0.375. The highest BCUT2D eigenvalue weighted by Crippen LogP contribution is 2.17. The Morgan fingerprint density at radius 1 is 1.35 bits per heavy atom. The third kappa shape index (κ3) is 12.1. The Hall–Kier alpha value is -0.990. The molecular formula is C12H20BrN3O3S. The number of hydrogen-bond donors (Lipinski definition) is 2. The molecule has 0 fully saturated rings. The fourth-order valence-electron chi connectivity index (χ4n) is 1.36. The lowest BCUT2D eigenvalue weighted by molar-refractivity contribution is -0.126. The average molecular weight is 366 g/mol. The number of carbonyl (C=O) groups excluding carboxylic acids is 2. The Kier molecular flexibility index (Phi) is 13.7. The molecule has 1 aromatic heterocycles. The molecular weight excluding hydrogens is 346 g/mol. The number of unbranched alkanes of at least 4 members (excludes halogenated alkanes) is 3. The molecule has 0 saturated carbocycles. The first-order valence-corrected chi connectivity index (χ1v) is 7.90. The molecule has 1 heterocycles. The van der Waals surface area contributed by atoms with Gasteiger partial charge in [-0.2, -0.15) is 0 Å². The molecule has 0 unspecified atom stereocenters. The number of aryl methyl sites for hydroxylation is 1. The van der Waals surface area contributed by atoms with E-state index in [4.69, 9.17) is 4.79 Å². The minimum atomic E-state index is 0.375. The zero-order valence-corrected chi connectivity index (χ0v) is 13.8. The van der Waals surface area contributed by atoms with Gasteiger partial charge in [0.05, 0.1) is 12.1 Å². The first-order valence-electron chi connectivity index (χ1n) is 6.23. The van der Waals surface area contributed by atoms with E-state index in [0.717, 1.165) is 24.0 Å². The number of methoxy groups -OCH3 is 1. The van der Waals surface area contributed by atoms with Crippen molar-refractivity contribution in [2.75, 3.05) is 13.7 Å². The molecule has 0 spiro atoms. The molecule has 1 aromatic rings. The number of aromatic nitrogens is 1. The van der Waals surface area contributed by atoms with Gasteiger partial charge in [-0.25, -0.2) is 10.4 Å². The van der Waals surface area contributed by atoms with Crippen LogP contribution in [0.25, 0.3) is 0 Å². The molecule has 0 atom stereocenters. The van der Waals surface area contributed by atoms with Crippen LogP contribution in [-0.2, 0) is 20.7 Å². The highest BCUT2D eigenvalue weighted by Gasteiger charge is 1.98. The van der Waals surface area contributed by atoms with Gasteiger partial charge in [0.25, 0.3) is 6.47 Å². The average Bonchev–Trinajstić information content (AvgIpc) is 2.88. The zero-order valence-electron chi connectivity index (χ0n) is 11.4. The van der Waals surface area contributed by atoms with Gasteiger partial charge in [-0.05, 0) is 35.2 Å². The number of ether oxygens (including phenoxy) is 1. The number of amides is 1. The molecule has 6 nitrogen and oxygen atoms in total. The molecule has 1 amide bonds. The number of rotatable bonds is 10. The van der Waals surface area contributed by atoms with Crippen LogP contribution in [0.2, 0.25) is 0 Å². The number of carbonyl (C=O) groups is 2. The Labute approximate surface area is 131 Å². The Bertz CT molecular complexity index is 363. The summed E-state index contributed by atoms with van der Waals surface area (Å²) in [7, 11) is 1.31. The van der Waals surface area contributed by atoms with Gasteiger partial charge < -0.3 is 4.74 Å². The third-order valence-corrected chi connectivity index (χ3v) is 3.84. The van der Waals surface area contributed by atoms with Gasteiger partial charge in [-0.15, -0.1) is 11.3 Å². The van der Waals surface area contributed by atoms with Crippen LogP contribution in [-0.4, -0.2) is 31.5 Å². The number of nitrogens with zero attached hydrogens (tertiary/aromatic N) is 1. The SMILES string of the molecule is COC=O.O=CNNCCCCCCc1nc(Br)cs1. The summed E-state index contributed by atoms with van der Waals surface area (Å²) in [4.78, 5) is 23.2. The molecule has 0 bridgehead atoms. The quantitative estimate of drug-likeness (QED) is 0.376. The van der Waals surface area contributed by atoms with E-state index in [1.165, 1.54) is 31.4 Å². The van der Waals surface area contributed by atoms with Crippen LogP contribution < -0.4 is 10.9 Å². The van der Waals surface area contributed by atoms with Crippen LogP contribution in [0.4, 0.5) is 0 Å². The number of hydrogen-bond acceptors (Lipinski definition) is 6. The maximum atomic E-state index is 9.92. The molecule has 0 aromatic carbocycles. The zero-order chi connectivity index (χ0) is 15.1. The van der Waals surface area contributed by atoms with Crippen molar-refractivity contribution >= 4 is 40.1 Å². The molecule has 2 N–H and O–H groups in total. The normalized spacial score (nSPS) is 9.30. The summed E-state index contributed by atoms with van der Waals surface area (Å²) in [6.45, 7) is 1.21. The summed E-state index contributed by atoms with van der Waals surface area (Å²) in [5.74, 6) is 0. The van der Waals surface area contributed by atoms with Crippen molar-refractivity contribution in [1.82, 2.24) is 15.8 Å². The smallest absolute Gasteiger partial charge is 0.292 e. The van der Waals surface area contributed by atoms with Crippen molar-refractivity contribution in [3.63, 3.8) is 0 Å². The molecule has 114 valence electrons.